The number of aromatic nitrogens is 4. The first-order valence-electron chi connectivity index (χ1n) is 20.1. The number of imidazole rings is 1. The van der Waals surface area contributed by atoms with Crippen molar-refractivity contribution in [3.63, 3.8) is 0 Å². The van der Waals surface area contributed by atoms with Crippen LogP contribution in [0.25, 0.3) is 28.2 Å². The minimum atomic E-state index is -0.646. The van der Waals surface area contributed by atoms with Crippen LogP contribution in [0.5, 0.6) is 0 Å². The van der Waals surface area contributed by atoms with Gasteiger partial charge in [0.25, 0.3) is 0 Å². The largest absolute Gasteiger partial charge is 0.299 e. The Bertz CT molecular complexity index is 2470. The zero-order chi connectivity index (χ0) is 39.6. The van der Waals surface area contributed by atoms with Crippen LogP contribution in [0.3, 0.4) is 0 Å². The van der Waals surface area contributed by atoms with Gasteiger partial charge in [-0.1, -0.05) is 149 Å². The molecular weight excluding hydrogens is 693 g/mol. The Kier molecular flexibility index (Phi) is 10.3. The first-order chi connectivity index (χ1) is 27.7. The van der Waals surface area contributed by atoms with Crippen LogP contribution >= 0.6 is 0 Å². The van der Waals surface area contributed by atoms with E-state index in [1.165, 1.54) is 33.5 Å². The molecule has 0 spiro atoms. The molecule has 3 aromatic heterocycles. The molecule has 0 saturated heterocycles. The average Bonchev–Trinajstić information content (AvgIpc) is 3.73. The minimum absolute atomic E-state index is 0.244. The van der Waals surface area contributed by atoms with E-state index in [4.69, 9.17) is 15.0 Å². The van der Waals surface area contributed by atoms with E-state index >= 15 is 0 Å². The van der Waals surface area contributed by atoms with Gasteiger partial charge in [-0.3, -0.25) is 14.5 Å². The Morgan fingerprint density at radius 1 is 0.439 bits per heavy atom. The fraction of sp³-hybridized carbons (Fsp3) is 0.189. The van der Waals surface area contributed by atoms with Gasteiger partial charge in [-0.15, -0.1) is 0 Å². The van der Waals surface area contributed by atoms with Crippen LogP contribution in [0, 0.1) is 0 Å². The highest BCUT2D eigenvalue weighted by atomic mass is 15.1. The quantitative estimate of drug-likeness (QED) is 0.133. The normalized spacial score (nSPS) is 13.7. The zero-order valence-corrected chi connectivity index (χ0v) is 33.8. The van der Waals surface area contributed by atoms with Gasteiger partial charge < -0.3 is 0 Å². The summed E-state index contributed by atoms with van der Waals surface area (Å²) in [5.41, 5.74) is 12.4. The molecule has 282 valence electrons. The van der Waals surface area contributed by atoms with Gasteiger partial charge >= 0.3 is 0 Å². The molecular formula is C53H50N4. The van der Waals surface area contributed by atoms with E-state index in [9.17, 15) is 0 Å². The van der Waals surface area contributed by atoms with Gasteiger partial charge in [0, 0.05) is 24.2 Å². The maximum atomic E-state index is 5.74. The van der Waals surface area contributed by atoms with E-state index in [0.29, 0.717) is 0 Å². The first kappa shape index (κ1) is 37.5. The van der Waals surface area contributed by atoms with Crippen LogP contribution in [0.2, 0.25) is 0 Å². The number of benzene rings is 5. The fourth-order valence-electron chi connectivity index (χ4n) is 8.35. The zero-order valence-electron chi connectivity index (χ0n) is 33.8. The van der Waals surface area contributed by atoms with Gasteiger partial charge in [-0.25, -0.2) is 4.98 Å². The van der Waals surface area contributed by atoms with Crippen LogP contribution in [-0.4, -0.2) is 19.5 Å². The van der Waals surface area contributed by atoms with Crippen molar-refractivity contribution in [3.05, 3.63) is 227 Å². The van der Waals surface area contributed by atoms with Crippen LogP contribution in [0.4, 0.5) is 0 Å². The van der Waals surface area contributed by atoms with E-state index < -0.39 is 10.8 Å². The number of nitrogens with zero attached hydrogens (tertiary/aromatic N) is 4. The van der Waals surface area contributed by atoms with E-state index in [0.717, 1.165) is 39.6 Å². The molecule has 2 atom stereocenters. The van der Waals surface area contributed by atoms with Crippen molar-refractivity contribution in [2.75, 3.05) is 0 Å². The van der Waals surface area contributed by atoms with Gasteiger partial charge in [-0.05, 0) is 107 Å². The van der Waals surface area contributed by atoms with Crippen molar-refractivity contribution >= 4 is 0 Å². The molecule has 4 nitrogen and oxygen atoms in total. The summed E-state index contributed by atoms with van der Waals surface area (Å²) in [5, 5.41) is 0. The lowest BCUT2D eigenvalue weighted by Crippen LogP contribution is -2.27. The van der Waals surface area contributed by atoms with Gasteiger partial charge in [0.05, 0.1) is 33.6 Å². The maximum absolute atomic E-state index is 5.74. The van der Waals surface area contributed by atoms with Crippen LogP contribution < -0.4 is 0 Å². The highest BCUT2D eigenvalue weighted by molar-refractivity contribution is 5.72. The summed E-state index contributed by atoms with van der Waals surface area (Å²) in [4.78, 5) is 15.7. The topological polar surface area (TPSA) is 43.6 Å². The fourth-order valence-corrected chi connectivity index (χ4v) is 8.35. The molecule has 57 heavy (non-hydrogen) atoms. The number of hydrogen-bond acceptors (Lipinski definition) is 3. The van der Waals surface area contributed by atoms with Crippen molar-refractivity contribution in [2.24, 2.45) is 0 Å². The Morgan fingerprint density at radius 2 is 0.912 bits per heavy atom. The smallest absolute Gasteiger partial charge is 0.144 e. The van der Waals surface area contributed by atoms with E-state index in [1.807, 2.05) is 24.5 Å². The number of rotatable bonds is 11. The second-order valence-corrected chi connectivity index (χ2v) is 16.0. The summed E-state index contributed by atoms with van der Waals surface area (Å²) < 4.78 is 2.39. The summed E-state index contributed by atoms with van der Waals surface area (Å²) in [6.45, 7) is 13.7. The van der Waals surface area contributed by atoms with Crippen LogP contribution in [-0.2, 0) is 10.8 Å². The molecule has 0 aliphatic rings. The molecule has 0 bridgehead atoms. The SMILES string of the molecule is CC(C)c1cc(-c2ccccc2)cc(C(C)C)c1-n1cc([C@](C)(c2ccccc2)c2ccccn2)nc1-c1cccc(C(C)(c2ccccc2)c2ccccn2)c1. The van der Waals surface area contributed by atoms with Gasteiger partial charge in [-0.2, -0.15) is 0 Å². The predicted octanol–water partition coefficient (Wildman–Crippen LogP) is 13.0. The molecule has 0 fully saturated rings. The van der Waals surface area contributed by atoms with Crippen molar-refractivity contribution in [1.29, 1.82) is 0 Å². The summed E-state index contributed by atoms with van der Waals surface area (Å²) in [6.07, 6.45) is 6.06. The van der Waals surface area contributed by atoms with Gasteiger partial charge in [0.2, 0.25) is 0 Å². The third-order valence-electron chi connectivity index (χ3n) is 11.7. The third-order valence-corrected chi connectivity index (χ3v) is 11.7. The van der Waals surface area contributed by atoms with Crippen molar-refractivity contribution in [3.8, 4) is 28.2 Å². The van der Waals surface area contributed by atoms with Gasteiger partial charge in [0.15, 0.2) is 0 Å². The summed E-state index contributed by atoms with van der Waals surface area (Å²) >= 11 is 0. The minimum Gasteiger partial charge on any atom is -0.299 e. The molecule has 0 radical (unpaired) electrons. The molecule has 4 heteroatoms. The lowest BCUT2D eigenvalue weighted by molar-refractivity contribution is 0.645. The molecule has 0 aliphatic heterocycles. The average molecular weight is 743 g/mol. The molecule has 0 aliphatic carbocycles. The van der Waals surface area contributed by atoms with E-state index in [-0.39, 0.29) is 11.8 Å². The van der Waals surface area contributed by atoms with E-state index in [2.05, 4.69) is 204 Å². The second-order valence-electron chi connectivity index (χ2n) is 16.0. The Balaban J connectivity index is 1.44. The monoisotopic (exact) mass is 742 g/mol. The molecule has 0 saturated carbocycles. The molecule has 8 aromatic rings. The molecule has 1 unspecified atom stereocenters. The Morgan fingerprint density at radius 3 is 1.44 bits per heavy atom. The van der Waals surface area contributed by atoms with Crippen LogP contribution in [0.1, 0.15) is 98.3 Å². The lowest BCUT2D eigenvalue weighted by Gasteiger charge is -2.31. The number of hydrogen-bond donors (Lipinski definition) is 0. The molecule has 0 N–H and O–H groups in total. The summed E-state index contributed by atoms with van der Waals surface area (Å²) in [5.74, 6) is 1.37. The standard InChI is InChI=1S/C53H50N4/c1-37(2)45-34-41(39-21-10-7-11-22-39)35-46(38(3)4)50(45)57-36-49(53(6,43-26-14-9-15-27-43)48-30-17-19-32-55-48)56-51(57)40-23-20-28-44(33-40)52(5,42-24-12-8-13-25-42)47-29-16-18-31-54-47/h7-38H,1-6H3/t52?,53-/m1/s1. The van der Waals surface area contributed by atoms with Crippen LogP contribution in [0.15, 0.2) is 182 Å². The molecule has 3 heterocycles. The number of pyridine rings is 2. The Labute approximate surface area is 338 Å². The van der Waals surface area contributed by atoms with Crippen molar-refractivity contribution < 1.29 is 0 Å². The van der Waals surface area contributed by atoms with Gasteiger partial charge in [0.1, 0.15) is 5.82 Å². The predicted molar refractivity (Wildman–Crippen MR) is 235 cm³/mol. The van der Waals surface area contributed by atoms with Crippen molar-refractivity contribution in [1.82, 2.24) is 19.5 Å². The highest BCUT2D eigenvalue weighted by Gasteiger charge is 2.37. The van der Waals surface area contributed by atoms with Crippen molar-refractivity contribution in [2.45, 2.75) is 64.2 Å². The van der Waals surface area contributed by atoms with E-state index in [1.54, 1.807) is 0 Å². The highest BCUT2D eigenvalue weighted by Crippen LogP contribution is 2.44. The first-order valence-corrected chi connectivity index (χ1v) is 20.1. The molecule has 0 amide bonds. The lowest BCUT2D eigenvalue weighted by atomic mass is 9.73. The Hall–Kier alpha value is -6.39. The molecule has 8 rings (SSSR count). The second kappa shape index (κ2) is 15.6. The summed E-state index contributed by atoms with van der Waals surface area (Å²) in [7, 11) is 0. The molecule has 5 aromatic carbocycles. The maximum Gasteiger partial charge on any atom is 0.144 e. The third kappa shape index (κ3) is 6.91. The summed E-state index contributed by atoms with van der Waals surface area (Å²) in [6, 6.07) is 58.2.